The van der Waals surface area contributed by atoms with Crippen LogP contribution in [-0.4, -0.2) is 53.2 Å². The molecule has 204 valence electrons. The summed E-state index contributed by atoms with van der Waals surface area (Å²) in [4.78, 5) is 33.8. The number of aromatic nitrogens is 1. The van der Waals surface area contributed by atoms with Crippen LogP contribution in [-0.2, 0) is 12.0 Å². The second-order valence-corrected chi connectivity index (χ2v) is 12.8. The highest BCUT2D eigenvalue weighted by atomic mass is 35.5. The molecule has 0 bridgehead atoms. The van der Waals surface area contributed by atoms with Gasteiger partial charge in [0.05, 0.1) is 17.1 Å². The van der Waals surface area contributed by atoms with Gasteiger partial charge >= 0.3 is 0 Å². The van der Waals surface area contributed by atoms with Gasteiger partial charge in [-0.05, 0) is 90.6 Å². The molecule has 3 heterocycles. The number of hydrogen-bond donors (Lipinski definition) is 1. The maximum Gasteiger partial charge on any atom is 0.254 e. The molecule has 1 amide bonds. The number of benzene rings is 1. The van der Waals surface area contributed by atoms with Crippen LogP contribution in [0.15, 0.2) is 10.9 Å². The summed E-state index contributed by atoms with van der Waals surface area (Å²) in [5, 5.41) is 0.529. The van der Waals surface area contributed by atoms with E-state index in [4.69, 9.17) is 21.1 Å². The van der Waals surface area contributed by atoms with Gasteiger partial charge in [0.25, 0.3) is 17.3 Å². The predicted octanol–water partition coefficient (Wildman–Crippen LogP) is 5.25. The summed E-state index contributed by atoms with van der Waals surface area (Å²) in [6, 6.07) is 2.54. The quantitative estimate of drug-likeness (QED) is 0.574. The van der Waals surface area contributed by atoms with E-state index in [2.05, 4.69) is 24.0 Å². The van der Waals surface area contributed by atoms with Crippen LogP contribution >= 0.6 is 11.6 Å². The first kappa shape index (κ1) is 25.8. The highest BCUT2D eigenvalue weighted by molar-refractivity contribution is 6.34. The molecule has 2 aromatic rings. The molecule has 7 nitrogen and oxygen atoms in total. The standard InChI is InChI=1S/C30H38ClN3O4/c1-16-13-17(2)32-27(35)21(16)14-34-15-30(11-12-30)23-22(28(34)36)18(3)25-26(24(23)31)38-29(4,37-25)19-7-9-20(10-8-19)33(5)6/h13,19-20H,7-12,14-15H2,1-6H3,(H,32,35)/t19?,20?,29-/m1/s1. The number of pyridine rings is 1. The van der Waals surface area contributed by atoms with Gasteiger partial charge in [-0.2, -0.15) is 0 Å². The van der Waals surface area contributed by atoms with Crippen LogP contribution in [0.3, 0.4) is 0 Å². The van der Waals surface area contributed by atoms with Crippen molar-refractivity contribution in [2.75, 3.05) is 20.6 Å². The van der Waals surface area contributed by atoms with Crippen molar-refractivity contribution in [3.05, 3.63) is 55.0 Å². The average Bonchev–Trinajstić information content (AvgIpc) is 3.53. The van der Waals surface area contributed by atoms with Crippen molar-refractivity contribution >= 4 is 17.5 Å². The molecule has 0 saturated heterocycles. The molecule has 38 heavy (non-hydrogen) atoms. The number of carbonyl (C=O) groups excluding carboxylic acids is 1. The molecule has 1 aromatic heterocycles. The zero-order valence-corrected chi connectivity index (χ0v) is 24.1. The van der Waals surface area contributed by atoms with Crippen LogP contribution in [0, 0.1) is 26.7 Å². The first-order valence-corrected chi connectivity index (χ1v) is 14.2. The summed E-state index contributed by atoms with van der Waals surface area (Å²) in [6.07, 6.45) is 6.16. The lowest BCUT2D eigenvalue weighted by molar-refractivity contribution is -0.123. The van der Waals surface area contributed by atoms with E-state index in [1.54, 1.807) is 0 Å². The van der Waals surface area contributed by atoms with Gasteiger partial charge < -0.3 is 24.3 Å². The Labute approximate surface area is 229 Å². The Bertz CT molecular complexity index is 1390. The van der Waals surface area contributed by atoms with Crippen LogP contribution in [0.1, 0.15) is 83.8 Å². The minimum atomic E-state index is -0.802. The van der Waals surface area contributed by atoms with Crippen LogP contribution in [0.2, 0.25) is 5.02 Å². The van der Waals surface area contributed by atoms with Crippen molar-refractivity contribution in [3.63, 3.8) is 0 Å². The van der Waals surface area contributed by atoms with Gasteiger partial charge in [0.2, 0.25) is 0 Å². The van der Waals surface area contributed by atoms with Gasteiger partial charge in [0, 0.05) is 47.7 Å². The van der Waals surface area contributed by atoms with E-state index in [1.807, 2.05) is 38.7 Å². The first-order valence-electron chi connectivity index (χ1n) is 13.8. The maximum atomic E-state index is 14.0. The number of fused-ring (bicyclic) bond motifs is 3. The van der Waals surface area contributed by atoms with Crippen molar-refractivity contribution in [2.45, 2.75) is 90.0 Å². The molecule has 0 radical (unpaired) electrons. The van der Waals surface area contributed by atoms with E-state index in [9.17, 15) is 9.59 Å². The van der Waals surface area contributed by atoms with Crippen molar-refractivity contribution in [1.82, 2.24) is 14.8 Å². The molecule has 1 aromatic carbocycles. The Balaban J connectivity index is 1.35. The lowest BCUT2D eigenvalue weighted by Crippen LogP contribution is -2.46. The van der Waals surface area contributed by atoms with Crippen LogP contribution in [0.25, 0.3) is 0 Å². The summed E-state index contributed by atoms with van der Waals surface area (Å²) < 4.78 is 13.2. The number of halogens is 1. The largest absolute Gasteiger partial charge is 0.448 e. The van der Waals surface area contributed by atoms with E-state index < -0.39 is 5.79 Å². The number of rotatable bonds is 4. The molecule has 1 spiro atoms. The summed E-state index contributed by atoms with van der Waals surface area (Å²) >= 11 is 7.10. The second-order valence-electron chi connectivity index (χ2n) is 12.4. The minimum absolute atomic E-state index is 0.0946. The predicted molar refractivity (Wildman–Crippen MR) is 147 cm³/mol. The molecule has 0 unspecified atom stereocenters. The topological polar surface area (TPSA) is 74.9 Å². The van der Waals surface area contributed by atoms with Crippen molar-refractivity contribution in [1.29, 1.82) is 0 Å². The molecule has 6 rings (SSSR count). The summed E-state index contributed by atoms with van der Waals surface area (Å²) in [7, 11) is 4.28. The van der Waals surface area contributed by atoms with E-state index in [0.29, 0.717) is 40.2 Å². The molecule has 1 atom stereocenters. The third-order valence-corrected chi connectivity index (χ3v) is 9.95. The number of nitrogens with zero attached hydrogens (tertiary/aromatic N) is 2. The molecule has 2 fully saturated rings. The van der Waals surface area contributed by atoms with Crippen LogP contribution in [0.5, 0.6) is 11.5 Å². The summed E-state index contributed by atoms with van der Waals surface area (Å²) in [5.74, 6) is 0.545. The lowest BCUT2D eigenvalue weighted by Gasteiger charge is -2.39. The number of carbonyl (C=O) groups is 1. The monoisotopic (exact) mass is 539 g/mol. The number of H-pyrrole nitrogens is 1. The summed E-state index contributed by atoms with van der Waals surface area (Å²) in [5.41, 5.74) is 4.35. The summed E-state index contributed by atoms with van der Waals surface area (Å²) in [6.45, 7) is 8.61. The van der Waals surface area contributed by atoms with Gasteiger partial charge in [-0.3, -0.25) is 9.59 Å². The molecular formula is C30H38ClN3O4. The highest BCUT2D eigenvalue weighted by Gasteiger charge is 2.56. The third kappa shape index (κ3) is 3.88. The molecular weight excluding hydrogens is 502 g/mol. The zero-order chi connectivity index (χ0) is 27.1. The maximum absolute atomic E-state index is 14.0. The third-order valence-electron chi connectivity index (χ3n) is 9.59. The van der Waals surface area contributed by atoms with Crippen molar-refractivity contribution in [2.24, 2.45) is 5.92 Å². The Kier molecular flexibility index (Phi) is 5.93. The van der Waals surface area contributed by atoms with Gasteiger partial charge in [-0.25, -0.2) is 0 Å². The van der Waals surface area contributed by atoms with Crippen molar-refractivity contribution in [3.8, 4) is 11.5 Å². The Morgan fingerprint density at radius 3 is 2.34 bits per heavy atom. The van der Waals surface area contributed by atoms with Crippen LogP contribution in [0.4, 0.5) is 0 Å². The fraction of sp³-hybridized carbons (Fsp3) is 0.600. The van der Waals surface area contributed by atoms with Gasteiger partial charge in [-0.15, -0.1) is 0 Å². The van der Waals surface area contributed by atoms with Gasteiger partial charge in [0.15, 0.2) is 11.5 Å². The zero-order valence-electron chi connectivity index (χ0n) is 23.3. The molecule has 8 heteroatoms. The molecule has 4 aliphatic rings. The van der Waals surface area contributed by atoms with E-state index in [0.717, 1.165) is 60.9 Å². The molecule has 2 aliphatic heterocycles. The van der Waals surface area contributed by atoms with E-state index >= 15 is 0 Å². The Morgan fingerprint density at radius 2 is 1.74 bits per heavy atom. The fourth-order valence-corrected chi connectivity index (χ4v) is 7.53. The molecule has 2 saturated carbocycles. The smallest absolute Gasteiger partial charge is 0.254 e. The van der Waals surface area contributed by atoms with Crippen molar-refractivity contribution < 1.29 is 14.3 Å². The lowest BCUT2D eigenvalue weighted by atomic mass is 9.81. The fourth-order valence-electron chi connectivity index (χ4n) is 7.11. The minimum Gasteiger partial charge on any atom is -0.448 e. The number of amides is 1. The Hall–Kier alpha value is -2.51. The molecule has 1 N–H and O–H groups in total. The van der Waals surface area contributed by atoms with Gasteiger partial charge in [0.1, 0.15) is 0 Å². The number of aryl methyl sites for hydroxylation is 2. The van der Waals surface area contributed by atoms with Crippen LogP contribution < -0.4 is 15.0 Å². The number of hydrogen-bond acceptors (Lipinski definition) is 5. The number of aromatic amines is 1. The van der Waals surface area contributed by atoms with E-state index in [1.165, 1.54) is 0 Å². The number of nitrogens with one attached hydrogen (secondary N) is 1. The van der Waals surface area contributed by atoms with Gasteiger partial charge in [-0.1, -0.05) is 11.6 Å². The first-order chi connectivity index (χ1) is 17.9. The average molecular weight is 540 g/mol. The normalized spacial score (nSPS) is 27.3. The Morgan fingerprint density at radius 1 is 1.08 bits per heavy atom. The van der Waals surface area contributed by atoms with E-state index in [-0.39, 0.29) is 29.3 Å². The number of ether oxygens (including phenoxy) is 2. The highest BCUT2D eigenvalue weighted by Crippen LogP contribution is 2.61. The molecule has 2 aliphatic carbocycles. The SMILES string of the molecule is Cc1cc(C)c(CN2CC3(CC3)c3c(Cl)c4c(c(C)c3C2=O)O[C@@](C)(C2CCC(N(C)C)CC2)O4)c(=O)[nH]1. The second kappa shape index (κ2) is 8.75.